The molecule has 2 amide bonds. The zero-order valence-electron chi connectivity index (χ0n) is 14.9. The topological polar surface area (TPSA) is 70.7 Å². The number of hydrogen-bond donors (Lipinski definition) is 2. The lowest BCUT2D eigenvalue weighted by Crippen LogP contribution is -2.52. The Labute approximate surface area is 139 Å². The lowest BCUT2D eigenvalue weighted by atomic mass is 9.93. The largest absolute Gasteiger partial charge is 0.444 e. The average Bonchev–Trinajstić information content (AvgIpc) is 2.94. The Hall–Kier alpha value is -1.30. The number of piperidine rings is 1. The number of hydrogen-bond acceptors (Lipinski definition) is 4. The fourth-order valence-electron chi connectivity index (χ4n) is 3.29. The van der Waals surface area contributed by atoms with Crippen LogP contribution >= 0.6 is 0 Å². The zero-order chi connectivity index (χ0) is 17.0. The van der Waals surface area contributed by atoms with Crippen LogP contribution in [0.25, 0.3) is 0 Å². The molecule has 2 N–H and O–H groups in total. The van der Waals surface area contributed by atoms with Crippen LogP contribution < -0.4 is 10.6 Å². The van der Waals surface area contributed by atoms with Crippen molar-refractivity contribution >= 4 is 12.0 Å². The van der Waals surface area contributed by atoms with Crippen molar-refractivity contribution in [1.82, 2.24) is 15.5 Å². The SMILES string of the molecule is CC1CCCNC1CNC(=O)C1CCCN1C(=O)OC(C)(C)C. The molecule has 2 heterocycles. The van der Waals surface area contributed by atoms with Crippen LogP contribution in [0.15, 0.2) is 0 Å². The van der Waals surface area contributed by atoms with Gasteiger partial charge in [-0.25, -0.2) is 4.79 Å². The van der Waals surface area contributed by atoms with Crippen molar-refractivity contribution in [3.63, 3.8) is 0 Å². The Bertz CT molecular complexity index is 433. The number of carbonyl (C=O) groups excluding carboxylic acids is 2. The Morgan fingerprint density at radius 3 is 2.65 bits per heavy atom. The molecule has 2 rings (SSSR count). The summed E-state index contributed by atoms with van der Waals surface area (Å²) in [7, 11) is 0. The Balaban J connectivity index is 1.86. The third-order valence-electron chi connectivity index (χ3n) is 4.61. The van der Waals surface area contributed by atoms with Crippen molar-refractivity contribution in [3.05, 3.63) is 0 Å². The minimum Gasteiger partial charge on any atom is -0.444 e. The molecule has 6 nitrogen and oxygen atoms in total. The van der Waals surface area contributed by atoms with Gasteiger partial charge in [0, 0.05) is 19.1 Å². The Morgan fingerprint density at radius 1 is 1.26 bits per heavy atom. The van der Waals surface area contributed by atoms with E-state index in [-0.39, 0.29) is 12.0 Å². The minimum absolute atomic E-state index is 0.0621. The summed E-state index contributed by atoms with van der Waals surface area (Å²) in [4.78, 5) is 26.3. The van der Waals surface area contributed by atoms with Crippen LogP contribution in [0.3, 0.4) is 0 Å². The van der Waals surface area contributed by atoms with E-state index in [2.05, 4.69) is 17.6 Å². The average molecular weight is 325 g/mol. The number of amides is 2. The standard InChI is InChI=1S/C17H31N3O3/c1-12-7-5-9-18-13(12)11-19-15(21)14-8-6-10-20(14)16(22)23-17(2,3)4/h12-14,18H,5-11H2,1-4H3,(H,19,21). The number of ether oxygens (including phenoxy) is 1. The number of rotatable bonds is 3. The van der Waals surface area contributed by atoms with Crippen molar-refractivity contribution in [2.45, 2.75) is 71.1 Å². The second kappa shape index (κ2) is 7.51. The van der Waals surface area contributed by atoms with E-state index in [4.69, 9.17) is 4.74 Å². The van der Waals surface area contributed by atoms with Crippen LogP contribution in [-0.4, -0.2) is 54.2 Å². The molecule has 0 spiro atoms. The molecule has 3 unspecified atom stereocenters. The lowest BCUT2D eigenvalue weighted by molar-refractivity contribution is -0.125. The molecule has 2 fully saturated rings. The fraction of sp³-hybridized carbons (Fsp3) is 0.882. The molecule has 2 aliphatic heterocycles. The molecule has 0 bridgehead atoms. The maximum Gasteiger partial charge on any atom is 0.410 e. The van der Waals surface area contributed by atoms with Crippen LogP contribution in [-0.2, 0) is 9.53 Å². The van der Waals surface area contributed by atoms with Gasteiger partial charge in [-0.1, -0.05) is 6.92 Å². The summed E-state index contributed by atoms with van der Waals surface area (Å²) in [5.41, 5.74) is -0.540. The Kier molecular flexibility index (Phi) is 5.89. The monoisotopic (exact) mass is 325 g/mol. The van der Waals surface area contributed by atoms with Gasteiger partial charge in [0.25, 0.3) is 0 Å². The van der Waals surface area contributed by atoms with E-state index in [0.717, 1.165) is 13.0 Å². The molecule has 0 saturated carbocycles. The third-order valence-corrected chi connectivity index (χ3v) is 4.61. The van der Waals surface area contributed by atoms with Gasteiger partial charge in [0.05, 0.1) is 0 Å². The molecule has 2 aliphatic rings. The lowest BCUT2D eigenvalue weighted by Gasteiger charge is -2.31. The van der Waals surface area contributed by atoms with E-state index in [9.17, 15) is 9.59 Å². The molecular formula is C17H31N3O3. The van der Waals surface area contributed by atoms with Crippen LogP contribution in [0.2, 0.25) is 0 Å². The number of nitrogens with one attached hydrogen (secondary N) is 2. The van der Waals surface area contributed by atoms with Crippen molar-refractivity contribution < 1.29 is 14.3 Å². The zero-order valence-corrected chi connectivity index (χ0v) is 14.9. The first-order chi connectivity index (χ1) is 10.8. The molecule has 0 aromatic carbocycles. The predicted octanol–water partition coefficient (Wildman–Crippen LogP) is 1.89. The fourth-order valence-corrected chi connectivity index (χ4v) is 3.29. The molecule has 0 aliphatic carbocycles. The maximum absolute atomic E-state index is 12.5. The number of nitrogens with zero attached hydrogens (tertiary/aromatic N) is 1. The van der Waals surface area contributed by atoms with E-state index in [1.54, 1.807) is 4.90 Å². The molecule has 2 saturated heterocycles. The van der Waals surface area contributed by atoms with Crippen molar-refractivity contribution in [2.75, 3.05) is 19.6 Å². The summed E-state index contributed by atoms with van der Waals surface area (Å²) in [5.74, 6) is 0.502. The van der Waals surface area contributed by atoms with Gasteiger partial charge in [-0.15, -0.1) is 0 Å². The van der Waals surface area contributed by atoms with E-state index in [1.165, 1.54) is 12.8 Å². The quantitative estimate of drug-likeness (QED) is 0.831. The van der Waals surface area contributed by atoms with Gasteiger partial charge in [0.2, 0.25) is 5.91 Å². The summed E-state index contributed by atoms with van der Waals surface area (Å²) in [6.45, 7) is 9.96. The van der Waals surface area contributed by atoms with Crippen molar-refractivity contribution in [2.24, 2.45) is 5.92 Å². The van der Waals surface area contributed by atoms with Gasteiger partial charge in [-0.05, 0) is 58.9 Å². The summed E-state index contributed by atoms with van der Waals surface area (Å²) in [5, 5.41) is 6.48. The van der Waals surface area contributed by atoms with E-state index < -0.39 is 11.6 Å². The summed E-state index contributed by atoms with van der Waals surface area (Å²) >= 11 is 0. The Morgan fingerprint density at radius 2 is 2.00 bits per heavy atom. The number of carbonyl (C=O) groups is 2. The number of likely N-dealkylation sites (tertiary alicyclic amines) is 1. The van der Waals surface area contributed by atoms with Gasteiger partial charge < -0.3 is 15.4 Å². The van der Waals surface area contributed by atoms with Crippen LogP contribution in [0.5, 0.6) is 0 Å². The highest BCUT2D eigenvalue weighted by molar-refractivity contribution is 5.86. The molecule has 6 heteroatoms. The van der Waals surface area contributed by atoms with E-state index in [1.807, 2.05) is 20.8 Å². The second-order valence-corrected chi connectivity index (χ2v) is 7.76. The molecule has 132 valence electrons. The van der Waals surface area contributed by atoms with Crippen molar-refractivity contribution in [1.29, 1.82) is 0 Å². The highest BCUT2D eigenvalue weighted by Crippen LogP contribution is 2.21. The third kappa shape index (κ3) is 5.09. The second-order valence-electron chi connectivity index (χ2n) is 7.76. The first-order valence-electron chi connectivity index (χ1n) is 8.78. The van der Waals surface area contributed by atoms with Crippen molar-refractivity contribution in [3.8, 4) is 0 Å². The van der Waals surface area contributed by atoms with Gasteiger partial charge in [0.15, 0.2) is 0 Å². The normalized spacial score (nSPS) is 28.5. The molecule has 0 aromatic rings. The predicted molar refractivity (Wildman–Crippen MR) is 89.2 cm³/mol. The van der Waals surface area contributed by atoms with Gasteiger partial charge in [0.1, 0.15) is 11.6 Å². The van der Waals surface area contributed by atoms with Gasteiger partial charge in [-0.2, -0.15) is 0 Å². The van der Waals surface area contributed by atoms with E-state index >= 15 is 0 Å². The smallest absolute Gasteiger partial charge is 0.410 e. The van der Waals surface area contributed by atoms with Gasteiger partial charge in [-0.3, -0.25) is 9.69 Å². The summed E-state index contributed by atoms with van der Waals surface area (Å²) in [6, 6.07) is -0.0761. The summed E-state index contributed by atoms with van der Waals surface area (Å²) in [6.07, 6.45) is 3.55. The maximum atomic E-state index is 12.5. The highest BCUT2D eigenvalue weighted by Gasteiger charge is 2.36. The van der Waals surface area contributed by atoms with Crippen LogP contribution in [0.4, 0.5) is 4.79 Å². The molecule has 3 atom stereocenters. The molecular weight excluding hydrogens is 294 g/mol. The van der Waals surface area contributed by atoms with Crippen LogP contribution in [0, 0.1) is 5.92 Å². The van der Waals surface area contributed by atoms with Crippen LogP contribution in [0.1, 0.15) is 53.4 Å². The minimum atomic E-state index is -0.540. The first kappa shape index (κ1) is 18.0. The molecule has 0 radical (unpaired) electrons. The van der Waals surface area contributed by atoms with Gasteiger partial charge >= 0.3 is 6.09 Å². The first-order valence-corrected chi connectivity index (χ1v) is 8.78. The molecule has 23 heavy (non-hydrogen) atoms. The summed E-state index contributed by atoms with van der Waals surface area (Å²) < 4.78 is 5.41. The highest BCUT2D eigenvalue weighted by atomic mass is 16.6. The molecule has 0 aromatic heterocycles. The van der Waals surface area contributed by atoms with E-state index in [0.29, 0.717) is 31.5 Å².